The normalized spacial score (nSPS) is 10.0. The molecule has 2 rings (SSSR count). The molecule has 4 nitrogen and oxygen atoms in total. The van der Waals surface area contributed by atoms with Gasteiger partial charge in [-0.2, -0.15) is 5.10 Å². The molecule has 4 heteroatoms. The monoisotopic (exact) mass is 160 g/mol. The van der Waals surface area contributed by atoms with Gasteiger partial charge in [-0.25, -0.2) is 9.67 Å². The van der Waals surface area contributed by atoms with Crippen molar-refractivity contribution in [2.45, 2.75) is 0 Å². The van der Waals surface area contributed by atoms with Gasteiger partial charge in [0.15, 0.2) is 0 Å². The van der Waals surface area contributed by atoms with Crippen molar-refractivity contribution < 1.29 is 0 Å². The molecule has 60 valence electrons. The molecule has 0 fully saturated rings. The molecular formula is C8H8N4. The molecule has 0 spiro atoms. The summed E-state index contributed by atoms with van der Waals surface area (Å²) in [5.41, 5.74) is 7.28. The van der Waals surface area contributed by atoms with Crippen LogP contribution in [0, 0.1) is 0 Å². The quantitative estimate of drug-likeness (QED) is 0.629. The van der Waals surface area contributed by atoms with Gasteiger partial charge in [-0.1, -0.05) is 12.1 Å². The third-order valence-electron chi connectivity index (χ3n) is 1.60. The highest BCUT2D eigenvalue weighted by Gasteiger charge is 1.98. The van der Waals surface area contributed by atoms with Crippen molar-refractivity contribution in [1.29, 1.82) is 0 Å². The zero-order chi connectivity index (χ0) is 8.39. The summed E-state index contributed by atoms with van der Waals surface area (Å²) < 4.78 is 1.63. The molecule has 0 saturated carbocycles. The number of benzene rings is 1. The van der Waals surface area contributed by atoms with Crippen LogP contribution in [0.1, 0.15) is 0 Å². The van der Waals surface area contributed by atoms with Crippen molar-refractivity contribution in [3.8, 4) is 5.69 Å². The van der Waals surface area contributed by atoms with Gasteiger partial charge in [-0.05, 0) is 12.1 Å². The summed E-state index contributed by atoms with van der Waals surface area (Å²) in [4.78, 5) is 3.84. The fourth-order valence-electron chi connectivity index (χ4n) is 1.03. The summed E-state index contributed by atoms with van der Waals surface area (Å²) >= 11 is 0. The Morgan fingerprint density at radius 3 is 2.75 bits per heavy atom. The highest BCUT2D eigenvalue weighted by molar-refractivity contribution is 5.56. The molecule has 1 heterocycles. The molecule has 1 aromatic carbocycles. The first-order valence-electron chi connectivity index (χ1n) is 3.57. The number of nitrogen functional groups attached to an aromatic ring is 1. The molecule has 1 aromatic heterocycles. The zero-order valence-electron chi connectivity index (χ0n) is 6.38. The smallest absolute Gasteiger partial charge is 0.138 e. The second-order valence-corrected chi connectivity index (χ2v) is 2.40. The molecule has 0 aliphatic rings. The molecule has 0 amide bonds. The van der Waals surface area contributed by atoms with Gasteiger partial charge < -0.3 is 5.73 Å². The van der Waals surface area contributed by atoms with Crippen LogP contribution in [0.25, 0.3) is 5.69 Å². The maximum atomic E-state index is 5.72. The Labute approximate surface area is 69.7 Å². The summed E-state index contributed by atoms with van der Waals surface area (Å²) in [5, 5.41) is 3.97. The van der Waals surface area contributed by atoms with E-state index in [0.717, 1.165) is 5.69 Å². The Kier molecular flexibility index (Phi) is 1.51. The van der Waals surface area contributed by atoms with E-state index in [2.05, 4.69) is 10.1 Å². The minimum atomic E-state index is 0.697. The average molecular weight is 160 g/mol. The number of nitrogens with two attached hydrogens (primary N) is 1. The molecule has 0 atom stereocenters. The zero-order valence-corrected chi connectivity index (χ0v) is 6.38. The molecule has 2 aromatic rings. The van der Waals surface area contributed by atoms with Crippen LogP contribution in [-0.4, -0.2) is 14.8 Å². The Hall–Kier alpha value is -1.84. The third-order valence-corrected chi connectivity index (χ3v) is 1.60. The summed E-state index contributed by atoms with van der Waals surface area (Å²) in [6.07, 6.45) is 3.10. The van der Waals surface area contributed by atoms with E-state index in [0.29, 0.717) is 5.69 Å². The number of hydrogen-bond donors (Lipinski definition) is 1. The van der Waals surface area contributed by atoms with Crippen LogP contribution >= 0.6 is 0 Å². The standard InChI is InChI=1S/C8H8N4/c9-7-3-1-2-4-8(7)12-6-10-5-11-12/h1-6H,9H2. The number of nitrogens with zero attached hydrogens (tertiary/aromatic N) is 3. The van der Waals surface area contributed by atoms with Crippen molar-refractivity contribution in [3.63, 3.8) is 0 Å². The van der Waals surface area contributed by atoms with Crippen molar-refractivity contribution in [1.82, 2.24) is 14.8 Å². The lowest BCUT2D eigenvalue weighted by Gasteiger charge is -2.02. The van der Waals surface area contributed by atoms with Crippen LogP contribution in [0.2, 0.25) is 0 Å². The summed E-state index contributed by atoms with van der Waals surface area (Å²) in [5.74, 6) is 0. The second-order valence-electron chi connectivity index (χ2n) is 2.40. The third kappa shape index (κ3) is 1.03. The van der Waals surface area contributed by atoms with E-state index in [1.807, 2.05) is 24.3 Å². The van der Waals surface area contributed by atoms with Crippen molar-refractivity contribution >= 4 is 5.69 Å². The Balaban J connectivity index is 2.55. The van der Waals surface area contributed by atoms with Crippen LogP contribution in [0.3, 0.4) is 0 Å². The largest absolute Gasteiger partial charge is 0.397 e. The lowest BCUT2D eigenvalue weighted by molar-refractivity contribution is 0.881. The van der Waals surface area contributed by atoms with Gasteiger partial charge in [-0.3, -0.25) is 0 Å². The number of rotatable bonds is 1. The molecular weight excluding hydrogens is 152 g/mol. The molecule has 0 aliphatic carbocycles. The first-order valence-corrected chi connectivity index (χ1v) is 3.57. The van der Waals surface area contributed by atoms with E-state index in [-0.39, 0.29) is 0 Å². The number of para-hydroxylation sites is 2. The highest BCUT2D eigenvalue weighted by Crippen LogP contribution is 2.13. The fourth-order valence-corrected chi connectivity index (χ4v) is 1.03. The number of aromatic nitrogens is 3. The van der Waals surface area contributed by atoms with E-state index in [4.69, 9.17) is 5.73 Å². The number of anilines is 1. The van der Waals surface area contributed by atoms with Gasteiger partial charge in [0.05, 0.1) is 11.4 Å². The lowest BCUT2D eigenvalue weighted by Crippen LogP contribution is -1.99. The molecule has 0 radical (unpaired) electrons. The van der Waals surface area contributed by atoms with E-state index < -0.39 is 0 Å². The fraction of sp³-hybridized carbons (Fsp3) is 0. The molecule has 0 bridgehead atoms. The van der Waals surface area contributed by atoms with E-state index >= 15 is 0 Å². The van der Waals surface area contributed by atoms with Crippen LogP contribution < -0.4 is 5.73 Å². The topological polar surface area (TPSA) is 56.7 Å². The molecule has 0 aliphatic heterocycles. The van der Waals surface area contributed by atoms with E-state index in [9.17, 15) is 0 Å². The summed E-state index contributed by atoms with van der Waals surface area (Å²) in [6, 6.07) is 7.52. The van der Waals surface area contributed by atoms with Crippen molar-refractivity contribution in [2.24, 2.45) is 0 Å². The minimum Gasteiger partial charge on any atom is -0.397 e. The van der Waals surface area contributed by atoms with Gasteiger partial charge in [0.2, 0.25) is 0 Å². The number of hydrogen-bond acceptors (Lipinski definition) is 3. The maximum Gasteiger partial charge on any atom is 0.138 e. The maximum absolute atomic E-state index is 5.72. The predicted octanol–water partition coefficient (Wildman–Crippen LogP) is 0.849. The van der Waals surface area contributed by atoms with Crippen LogP contribution in [-0.2, 0) is 0 Å². The van der Waals surface area contributed by atoms with Crippen molar-refractivity contribution in [2.75, 3.05) is 5.73 Å². The van der Waals surface area contributed by atoms with Crippen LogP contribution in [0.15, 0.2) is 36.9 Å². The second kappa shape index (κ2) is 2.65. The van der Waals surface area contributed by atoms with Gasteiger partial charge in [0, 0.05) is 0 Å². The van der Waals surface area contributed by atoms with Gasteiger partial charge in [0.25, 0.3) is 0 Å². The molecule has 12 heavy (non-hydrogen) atoms. The summed E-state index contributed by atoms with van der Waals surface area (Å²) in [7, 11) is 0. The first kappa shape index (κ1) is 6.84. The van der Waals surface area contributed by atoms with Gasteiger partial charge >= 0.3 is 0 Å². The van der Waals surface area contributed by atoms with Gasteiger partial charge in [0.1, 0.15) is 12.7 Å². The summed E-state index contributed by atoms with van der Waals surface area (Å²) in [6.45, 7) is 0. The Bertz CT molecular complexity index is 366. The Morgan fingerprint density at radius 2 is 2.08 bits per heavy atom. The van der Waals surface area contributed by atoms with Crippen LogP contribution in [0.4, 0.5) is 5.69 Å². The average Bonchev–Trinajstić information content (AvgIpc) is 2.57. The molecule has 2 N–H and O–H groups in total. The SMILES string of the molecule is Nc1ccccc1-n1cncn1. The minimum absolute atomic E-state index is 0.697. The molecule has 0 saturated heterocycles. The van der Waals surface area contributed by atoms with Crippen molar-refractivity contribution in [3.05, 3.63) is 36.9 Å². The molecule has 0 unspecified atom stereocenters. The van der Waals surface area contributed by atoms with E-state index in [1.54, 1.807) is 11.0 Å². The predicted molar refractivity (Wildman–Crippen MR) is 45.8 cm³/mol. The van der Waals surface area contributed by atoms with Crippen LogP contribution in [0.5, 0.6) is 0 Å². The first-order chi connectivity index (χ1) is 5.88. The highest BCUT2D eigenvalue weighted by atomic mass is 15.3. The van der Waals surface area contributed by atoms with E-state index in [1.165, 1.54) is 6.33 Å². The Morgan fingerprint density at radius 1 is 1.25 bits per heavy atom. The van der Waals surface area contributed by atoms with Gasteiger partial charge in [-0.15, -0.1) is 0 Å². The lowest BCUT2D eigenvalue weighted by atomic mass is 10.3.